The van der Waals surface area contributed by atoms with Crippen LogP contribution < -0.4 is 20.7 Å². The fourth-order valence-electron chi connectivity index (χ4n) is 5.61. The van der Waals surface area contributed by atoms with Gasteiger partial charge in [0.25, 0.3) is 0 Å². The van der Waals surface area contributed by atoms with E-state index in [0.29, 0.717) is 0 Å². The van der Waals surface area contributed by atoms with Crippen LogP contribution in [0.2, 0.25) is 24.2 Å². The van der Waals surface area contributed by atoms with E-state index in [-0.39, 0.29) is 0 Å². The summed E-state index contributed by atoms with van der Waals surface area (Å²) >= 11 is 0. The van der Waals surface area contributed by atoms with Gasteiger partial charge >= 0.3 is 0 Å². The van der Waals surface area contributed by atoms with Crippen molar-refractivity contribution in [3.63, 3.8) is 0 Å². The summed E-state index contributed by atoms with van der Waals surface area (Å²) in [7, 11) is -3.87. The number of allylic oxidation sites excluding steroid dienone is 4. The third kappa shape index (κ3) is 4.44. The van der Waals surface area contributed by atoms with Gasteiger partial charge in [-0.1, -0.05) is 166 Å². The Morgan fingerprint density at radius 1 is 0.294 bits per heavy atom. The van der Waals surface area contributed by atoms with Gasteiger partial charge in [0.2, 0.25) is 0 Å². The maximum absolute atomic E-state index is 2.53. The Hall–Kier alpha value is -3.21. The minimum Gasteiger partial charge on any atom is -0.0908 e. The SMILES string of the molecule is C1=CC[Si](c2ccccc2)(c2ccccc2)CC=CC[Si](c2ccccc2)(c2ccccc2)C1. The number of hydrogen-bond acceptors (Lipinski definition) is 0. The van der Waals surface area contributed by atoms with Crippen LogP contribution in [0.3, 0.4) is 0 Å². The Labute approximate surface area is 206 Å². The van der Waals surface area contributed by atoms with Gasteiger partial charge in [-0.2, -0.15) is 0 Å². The summed E-state index contributed by atoms with van der Waals surface area (Å²) in [5, 5.41) is 6.13. The Bertz CT molecular complexity index is 1030. The molecule has 4 aromatic carbocycles. The summed E-state index contributed by atoms with van der Waals surface area (Å²) in [5.74, 6) is 0. The van der Waals surface area contributed by atoms with Crippen LogP contribution in [0.15, 0.2) is 146 Å². The first kappa shape index (κ1) is 22.6. The van der Waals surface area contributed by atoms with Crippen LogP contribution >= 0.6 is 0 Å². The van der Waals surface area contributed by atoms with Gasteiger partial charge in [0.1, 0.15) is 16.1 Å². The molecule has 0 N–H and O–H groups in total. The predicted octanol–water partition coefficient (Wildman–Crippen LogP) is 5.64. The van der Waals surface area contributed by atoms with Crippen molar-refractivity contribution in [2.45, 2.75) is 24.2 Å². The molecule has 1 aliphatic heterocycles. The van der Waals surface area contributed by atoms with Crippen molar-refractivity contribution in [3.05, 3.63) is 146 Å². The number of benzene rings is 4. The van der Waals surface area contributed by atoms with E-state index in [0.717, 1.165) is 24.2 Å². The molecule has 1 aliphatic rings. The molecule has 1 heterocycles. The monoisotopic (exact) mass is 472 g/mol. The highest BCUT2D eigenvalue weighted by atomic mass is 28.3. The van der Waals surface area contributed by atoms with Crippen molar-refractivity contribution in [2.24, 2.45) is 0 Å². The van der Waals surface area contributed by atoms with Crippen LogP contribution in [0, 0.1) is 0 Å². The summed E-state index contributed by atoms with van der Waals surface area (Å²) in [6.07, 6.45) is 10.1. The van der Waals surface area contributed by atoms with E-state index in [1.54, 1.807) is 0 Å². The largest absolute Gasteiger partial charge is 0.125 e. The maximum atomic E-state index is 2.53. The first-order valence-electron chi connectivity index (χ1n) is 12.4. The second-order valence-electron chi connectivity index (χ2n) is 9.39. The maximum Gasteiger partial charge on any atom is 0.125 e. The molecule has 5 rings (SSSR count). The van der Waals surface area contributed by atoms with E-state index in [1.165, 1.54) is 20.7 Å². The first-order chi connectivity index (χ1) is 16.8. The highest BCUT2D eigenvalue weighted by Crippen LogP contribution is 2.24. The molecular formula is C32H32Si2. The highest BCUT2D eigenvalue weighted by molar-refractivity contribution is 7.03. The molecule has 0 bridgehead atoms. The van der Waals surface area contributed by atoms with Gasteiger partial charge in [-0.05, 0) is 24.2 Å². The zero-order valence-corrected chi connectivity index (χ0v) is 21.7. The molecule has 0 aromatic heterocycles. The fourth-order valence-corrected chi connectivity index (χ4v) is 14.1. The third-order valence-electron chi connectivity index (χ3n) is 7.50. The van der Waals surface area contributed by atoms with Gasteiger partial charge < -0.3 is 0 Å². The Morgan fingerprint density at radius 3 is 0.706 bits per heavy atom. The van der Waals surface area contributed by atoms with Crippen LogP contribution in [-0.4, -0.2) is 16.1 Å². The van der Waals surface area contributed by atoms with Gasteiger partial charge in [0.05, 0.1) is 0 Å². The second kappa shape index (κ2) is 10.4. The van der Waals surface area contributed by atoms with Crippen LogP contribution in [-0.2, 0) is 0 Å². The van der Waals surface area contributed by atoms with Gasteiger partial charge in [-0.3, -0.25) is 0 Å². The molecular weight excluding hydrogens is 441 g/mol. The molecule has 0 saturated carbocycles. The van der Waals surface area contributed by atoms with E-state index in [1.807, 2.05) is 0 Å². The van der Waals surface area contributed by atoms with E-state index in [2.05, 4.69) is 146 Å². The minimum atomic E-state index is -1.94. The summed E-state index contributed by atoms with van der Waals surface area (Å²) in [6, 6.07) is 49.7. The standard InChI is InChI=1S/C32H32Si2/c1-5-17-29(18-6-1)33(30-19-7-2-8-20-30)25-13-15-27-34(28-16-14-26-33,31-21-9-3-10-22-31)32-23-11-4-12-24-32/h1-24H,25-28H2. The van der Waals surface area contributed by atoms with E-state index >= 15 is 0 Å². The minimum absolute atomic E-state index is 1.14. The summed E-state index contributed by atoms with van der Waals surface area (Å²) in [5.41, 5.74) is 0. The molecule has 0 saturated heterocycles. The average molecular weight is 473 g/mol. The van der Waals surface area contributed by atoms with Crippen LogP contribution in [0.25, 0.3) is 0 Å². The molecule has 168 valence electrons. The predicted molar refractivity (Wildman–Crippen MR) is 153 cm³/mol. The molecule has 0 spiro atoms. The number of rotatable bonds is 4. The zero-order valence-electron chi connectivity index (χ0n) is 19.7. The van der Waals surface area contributed by atoms with Crippen LogP contribution in [0.4, 0.5) is 0 Å². The fraction of sp³-hybridized carbons (Fsp3) is 0.125. The topological polar surface area (TPSA) is 0 Å². The van der Waals surface area contributed by atoms with Gasteiger partial charge in [0.15, 0.2) is 0 Å². The average Bonchev–Trinajstić information content (AvgIpc) is 2.93. The summed E-state index contributed by atoms with van der Waals surface area (Å²) < 4.78 is 0. The lowest BCUT2D eigenvalue weighted by Crippen LogP contribution is -2.58. The first-order valence-corrected chi connectivity index (χ1v) is 17.2. The summed E-state index contributed by atoms with van der Waals surface area (Å²) in [4.78, 5) is 0. The molecule has 2 heteroatoms. The Kier molecular flexibility index (Phi) is 6.89. The van der Waals surface area contributed by atoms with Crippen molar-refractivity contribution in [3.8, 4) is 0 Å². The Balaban J connectivity index is 1.58. The van der Waals surface area contributed by atoms with Crippen molar-refractivity contribution in [1.29, 1.82) is 0 Å². The van der Waals surface area contributed by atoms with Gasteiger partial charge in [-0.15, -0.1) is 0 Å². The molecule has 0 amide bonds. The van der Waals surface area contributed by atoms with Crippen molar-refractivity contribution >= 4 is 36.9 Å². The molecule has 0 unspecified atom stereocenters. The van der Waals surface area contributed by atoms with Crippen LogP contribution in [0.5, 0.6) is 0 Å². The second-order valence-corrected chi connectivity index (χ2v) is 17.7. The summed E-state index contributed by atoms with van der Waals surface area (Å²) in [6.45, 7) is 0. The molecule has 4 aromatic rings. The smallest absolute Gasteiger partial charge is 0.0908 e. The molecule has 34 heavy (non-hydrogen) atoms. The van der Waals surface area contributed by atoms with E-state index in [4.69, 9.17) is 0 Å². The lowest BCUT2D eigenvalue weighted by atomic mass is 10.4. The third-order valence-corrected chi connectivity index (χ3v) is 17.0. The van der Waals surface area contributed by atoms with Crippen molar-refractivity contribution in [2.75, 3.05) is 0 Å². The molecule has 0 radical (unpaired) electrons. The lowest BCUT2D eigenvalue weighted by Gasteiger charge is -2.34. The molecule has 0 atom stereocenters. The van der Waals surface area contributed by atoms with Gasteiger partial charge in [0, 0.05) is 0 Å². The van der Waals surface area contributed by atoms with Crippen molar-refractivity contribution < 1.29 is 0 Å². The van der Waals surface area contributed by atoms with Gasteiger partial charge in [-0.25, -0.2) is 0 Å². The van der Waals surface area contributed by atoms with Crippen molar-refractivity contribution in [1.82, 2.24) is 0 Å². The van der Waals surface area contributed by atoms with E-state index < -0.39 is 16.1 Å². The normalized spacial score (nSPS) is 17.2. The number of hydrogen-bond donors (Lipinski definition) is 0. The highest BCUT2D eigenvalue weighted by Gasteiger charge is 2.38. The molecule has 0 aliphatic carbocycles. The molecule has 0 nitrogen and oxygen atoms in total. The zero-order chi connectivity index (χ0) is 23.1. The lowest BCUT2D eigenvalue weighted by molar-refractivity contribution is 1.38. The Morgan fingerprint density at radius 2 is 0.500 bits per heavy atom. The van der Waals surface area contributed by atoms with Crippen LogP contribution in [0.1, 0.15) is 0 Å². The molecule has 0 fully saturated rings. The quantitative estimate of drug-likeness (QED) is 0.266. The van der Waals surface area contributed by atoms with E-state index in [9.17, 15) is 0 Å².